The molecule has 0 spiro atoms. The Balaban J connectivity index is 1.18. The summed E-state index contributed by atoms with van der Waals surface area (Å²) in [5, 5.41) is 7.89. The fourth-order valence-electron chi connectivity index (χ4n) is 5.58. The van der Waals surface area contributed by atoms with E-state index in [2.05, 4.69) is 36.9 Å². The van der Waals surface area contributed by atoms with Crippen LogP contribution in [0.25, 0.3) is 11.6 Å². The molecule has 1 amide bonds. The van der Waals surface area contributed by atoms with Crippen molar-refractivity contribution < 1.29 is 22.4 Å². The van der Waals surface area contributed by atoms with Crippen molar-refractivity contribution in [2.75, 3.05) is 37.6 Å². The number of hydrogen-bond acceptors (Lipinski definition) is 8. The summed E-state index contributed by atoms with van der Waals surface area (Å²) in [6.07, 6.45) is -0.0954. The predicted octanol–water partition coefficient (Wildman–Crippen LogP) is 4.37. The average Bonchev–Trinajstić information content (AvgIpc) is 3.38. The molecule has 0 bridgehead atoms. The Bertz CT molecular complexity index is 1300. The molecular formula is C27H32F3N7O2. The summed E-state index contributed by atoms with van der Waals surface area (Å²) < 4.78 is 44.1. The molecule has 0 unspecified atom stereocenters. The molecule has 2 aliphatic rings. The first-order valence-electron chi connectivity index (χ1n) is 13.3. The summed E-state index contributed by atoms with van der Waals surface area (Å²) in [7, 11) is 0. The summed E-state index contributed by atoms with van der Waals surface area (Å²) in [6, 6.07) is 5.16. The third-order valence-corrected chi connectivity index (χ3v) is 7.64. The van der Waals surface area contributed by atoms with Gasteiger partial charge in [0.1, 0.15) is 11.5 Å². The molecule has 1 atom stereocenters. The van der Waals surface area contributed by atoms with Crippen LogP contribution in [0.1, 0.15) is 53.7 Å². The highest BCUT2D eigenvalue weighted by Crippen LogP contribution is 2.30. The van der Waals surface area contributed by atoms with Crippen LogP contribution in [0, 0.1) is 13.8 Å². The third-order valence-electron chi connectivity index (χ3n) is 7.64. The number of carbonyl (C=O) groups excluding carboxylic acids is 1. The normalized spacial score (nSPS) is 19.5. The van der Waals surface area contributed by atoms with Gasteiger partial charge in [0.05, 0.1) is 17.5 Å². The molecular weight excluding hydrogens is 511 g/mol. The fourth-order valence-corrected chi connectivity index (χ4v) is 5.58. The Kier molecular flexibility index (Phi) is 7.57. The van der Waals surface area contributed by atoms with Crippen molar-refractivity contribution in [3.8, 4) is 11.6 Å². The Hall–Kier alpha value is -3.54. The molecule has 0 aliphatic carbocycles. The molecule has 3 aromatic rings. The second kappa shape index (κ2) is 10.9. The minimum atomic E-state index is -4.41. The number of likely N-dealkylation sites (tertiary alicyclic amines) is 1. The zero-order valence-corrected chi connectivity index (χ0v) is 22.3. The first-order chi connectivity index (χ1) is 18.6. The molecule has 0 saturated carbocycles. The van der Waals surface area contributed by atoms with Crippen molar-refractivity contribution in [2.24, 2.45) is 0 Å². The third kappa shape index (κ3) is 5.75. The number of anilines is 1. The van der Waals surface area contributed by atoms with Gasteiger partial charge in [0, 0.05) is 57.3 Å². The lowest BCUT2D eigenvalue weighted by atomic mass is 9.97. The van der Waals surface area contributed by atoms with E-state index in [0.717, 1.165) is 62.5 Å². The van der Waals surface area contributed by atoms with Gasteiger partial charge >= 0.3 is 6.18 Å². The van der Waals surface area contributed by atoms with Crippen LogP contribution in [0.5, 0.6) is 0 Å². The molecule has 208 valence electrons. The average molecular weight is 544 g/mol. The number of piperazine rings is 1. The molecule has 12 heteroatoms. The van der Waals surface area contributed by atoms with Crippen LogP contribution in [0.3, 0.4) is 0 Å². The number of alkyl halides is 3. The molecule has 2 aliphatic heterocycles. The number of benzene rings is 1. The van der Waals surface area contributed by atoms with Gasteiger partial charge in [0.25, 0.3) is 11.8 Å². The summed E-state index contributed by atoms with van der Waals surface area (Å²) >= 11 is 0. The molecule has 9 nitrogen and oxygen atoms in total. The molecule has 4 heterocycles. The number of piperidine rings is 1. The number of amides is 1. The van der Waals surface area contributed by atoms with Gasteiger partial charge in [-0.25, -0.2) is 9.97 Å². The maximum absolute atomic E-state index is 12.9. The molecule has 0 N–H and O–H groups in total. The lowest BCUT2D eigenvalue weighted by molar-refractivity contribution is -0.137. The zero-order chi connectivity index (χ0) is 27.7. The van der Waals surface area contributed by atoms with E-state index in [4.69, 9.17) is 4.42 Å². The van der Waals surface area contributed by atoms with Crippen LogP contribution in [-0.4, -0.2) is 80.7 Å². The van der Waals surface area contributed by atoms with Crippen LogP contribution >= 0.6 is 0 Å². The minimum absolute atomic E-state index is 0.216. The van der Waals surface area contributed by atoms with Crippen molar-refractivity contribution in [1.29, 1.82) is 0 Å². The van der Waals surface area contributed by atoms with E-state index in [1.165, 1.54) is 12.1 Å². The van der Waals surface area contributed by atoms with E-state index >= 15 is 0 Å². The second-order valence-corrected chi connectivity index (χ2v) is 10.1. The lowest BCUT2D eigenvalue weighted by Gasteiger charge is -2.47. The molecule has 2 fully saturated rings. The first kappa shape index (κ1) is 27.0. The number of carbonyl (C=O) groups is 1. The van der Waals surface area contributed by atoms with Gasteiger partial charge in [-0.15, -0.1) is 10.2 Å². The van der Waals surface area contributed by atoms with Crippen molar-refractivity contribution in [3.05, 3.63) is 53.2 Å². The van der Waals surface area contributed by atoms with Gasteiger partial charge in [-0.1, -0.05) is 6.92 Å². The first-order valence-corrected chi connectivity index (χ1v) is 13.3. The standard InChI is InChI=1S/C27H32F3N7O2/c1-4-21-16-36(24-17(2)32-23(15-31-24)25-34-33-18(3)39-25)13-14-37(21)22-9-11-35(12-10-22)26(38)19-5-7-20(8-6-19)27(28,29)30/h5-8,15,21-22H,4,9-14,16H2,1-3H3/t21-/m0/s1. The van der Waals surface area contributed by atoms with Crippen LogP contribution in [0.2, 0.25) is 0 Å². The maximum Gasteiger partial charge on any atom is 0.416 e. The predicted molar refractivity (Wildman–Crippen MR) is 138 cm³/mol. The van der Waals surface area contributed by atoms with Crippen LogP contribution < -0.4 is 4.90 Å². The Labute approximate surface area is 225 Å². The molecule has 2 saturated heterocycles. The smallest absolute Gasteiger partial charge is 0.416 e. The Morgan fingerprint density at radius 2 is 1.77 bits per heavy atom. The summed E-state index contributed by atoms with van der Waals surface area (Å²) in [5.74, 6) is 1.47. The van der Waals surface area contributed by atoms with E-state index in [0.29, 0.717) is 48.2 Å². The van der Waals surface area contributed by atoms with E-state index < -0.39 is 11.7 Å². The van der Waals surface area contributed by atoms with Gasteiger partial charge in [0.15, 0.2) is 0 Å². The van der Waals surface area contributed by atoms with Crippen molar-refractivity contribution in [3.63, 3.8) is 0 Å². The van der Waals surface area contributed by atoms with Gasteiger partial charge in [0.2, 0.25) is 5.89 Å². The summed E-state index contributed by atoms with van der Waals surface area (Å²) in [4.78, 5) is 28.8. The zero-order valence-electron chi connectivity index (χ0n) is 22.3. The van der Waals surface area contributed by atoms with Crippen molar-refractivity contribution in [2.45, 2.75) is 58.3 Å². The number of aryl methyl sites for hydroxylation is 2. The lowest BCUT2D eigenvalue weighted by Crippen LogP contribution is -2.58. The van der Waals surface area contributed by atoms with Crippen LogP contribution in [0.4, 0.5) is 19.0 Å². The number of hydrogen-bond donors (Lipinski definition) is 0. The van der Waals surface area contributed by atoms with E-state index in [-0.39, 0.29) is 5.91 Å². The molecule has 2 aromatic heterocycles. The highest BCUT2D eigenvalue weighted by Gasteiger charge is 2.35. The van der Waals surface area contributed by atoms with E-state index in [1.807, 2.05) is 6.92 Å². The summed E-state index contributed by atoms with van der Waals surface area (Å²) in [6.45, 7) is 9.55. The van der Waals surface area contributed by atoms with Crippen molar-refractivity contribution >= 4 is 11.7 Å². The SMILES string of the molecule is CC[C@H]1CN(c2ncc(-c3nnc(C)o3)nc2C)CCN1C1CCN(C(=O)c2ccc(C(F)(F)F)cc2)CC1. The molecule has 39 heavy (non-hydrogen) atoms. The number of aromatic nitrogens is 4. The summed E-state index contributed by atoms with van der Waals surface area (Å²) in [5.41, 5.74) is 0.904. The number of nitrogens with zero attached hydrogens (tertiary/aromatic N) is 7. The molecule has 5 rings (SSSR count). The highest BCUT2D eigenvalue weighted by atomic mass is 19.4. The van der Waals surface area contributed by atoms with Gasteiger partial charge in [-0.3, -0.25) is 9.69 Å². The number of rotatable bonds is 5. The number of halogens is 3. The van der Waals surface area contributed by atoms with Crippen LogP contribution in [0.15, 0.2) is 34.9 Å². The van der Waals surface area contributed by atoms with Crippen molar-refractivity contribution in [1.82, 2.24) is 30.0 Å². The minimum Gasteiger partial charge on any atom is -0.420 e. The topological polar surface area (TPSA) is 91.5 Å². The van der Waals surface area contributed by atoms with Gasteiger partial charge in [-0.2, -0.15) is 13.2 Å². The maximum atomic E-state index is 12.9. The highest BCUT2D eigenvalue weighted by molar-refractivity contribution is 5.94. The fraction of sp³-hybridized carbons (Fsp3) is 0.519. The monoisotopic (exact) mass is 543 g/mol. The quantitative estimate of drug-likeness (QED) is 0.469. The Morgan fingerprint density at radius 3 is 2.36 bits per heavy atom. The Morgan fingerprint density at radius 1 is 1.05 bits per heavy atom. The molecule has 1 aromatic carbocycles. The van der Waals surface area contributed by atoms with Gasteiger partial charge < -0.3 is 14.2 Å². The largest absolute Gasteiger partial charge is 0.420 e. The second-order valence-electron chi connectivity index (χ2n) is 10.1. The van der Waals surface area contributed by atoms with Gasteiger partial charge in [-0.05, 0) is 50.5 Å². The molecule has 0 radical (unpaired) electrons. The van der Waals surface area contributed by atoms with E-state index in [1.54, 1.807) is 18.0 Å². The van der Waals surface area contributed by atoms with E-state index in [9.17, 15) is 18.0 Å². The van der Waals surface area contributed by atoms with Crippen LogP contribution in [-0.2, 0) is 6.18 Å².